The number of aromatic nitrogens is 2. The lowest BCUT2D eigenvalue weighted by Gasteiger charge is -2.11. The van der Waals surface area contributed by atoms with Crippen molar-refractivity contribution in [2.45, 2.75) is 12.3 Å². The first-order valence-electron chi connectivity index (χ1n) is 5.46. The quantitative estimate of drug-likeness (QED) is 0.777. The second-order valence-electron chi connectivity index (χ2n) is 3.87. The number of ether oxygens (including phenoxy) is 1. The summed E-state index contributed by atoms with van der Waals surface area (Å²) in [5, 5.41) is 8.15. The second-order valence-corrected chi connectivity index (χ2v) is 3.87. The van der Waals surface area contributed by atoms with Crippen molar-refractivity contribution in [3.05, 3.63) is 30.0 Å². The maximum absolute atomic E-state index is 11.3. The van der Waals surface area contributed by atoms with Gasteiger partial charge in [0, 0.05) is 23.5 Å². The number of nitrogens with one attached hydrogen (secondary N) is 1. The van der Waals surface area contributed by atoms with Gasteiger partial charge in [0.15, 0.2) is 0 Å². The Labute approximate surface area is 98.9 Å². The summed E-state index contributed by atoms with van der Waals surface area (Å²) in [6.07, 6.45) is 0.263. The average Bonchev–Trinajstić information content (AvgIpc) is 2.79. The molecule has 1 heterocycles. The van der Waals surface area contributed by atoms with Gasteiger partial charge in [-0.2, -0.15) is 5.10 Å². The number of hydrogen-bond acceptors (Lipinski definition) is 4. The van der Waals surface area contributed by atoms with Crippen LogP contribution in [-0.4, -0.2) is 29.8 Å². The number of para-hydroxylation sites is 1. The minimum Gasteiger partial charge on any atom is -0.469 e. The zero-order valence-corrected chi connectivity index (χ0v) is 9.64. The smallest absolute Gasteiger partial charge is 0.306 e. The summed E-state index contributed by atoms with van der Waals surface area (Å²) >= 11 is 0. The third-order valence-electron chi connectivity index (χ3n) is 2.82. The molecule has 0 radical (unpaired) electrons. The van der Waals surface area contributed by atoms with Crippen molar-refractivity contribution in [3.8, 4) is 0 Å². The molecule has 2 rings (SSSR count). The molecule has 0 bridgehead atoms. The summed E-state index contributed by atoms with van der Waals surface area (Å²) in [4.78, 5) is 11.3. The van der Waals surface area contributed by atoms with Gasteiger partial charge in [-0.1, -0.05) is 18.2 Å². The topological polar surface area (TPSA) is 81.0 Å². The first kappa shape index (κ1) is 11.6. The van der Waals surface area contributed by atoms with Gasteiger partial charge in [0.05, 0.1) is 19.0 Å². The number of H-pyrrole nitrogens is 1. The van der Waals surface area contributed by atoms with E-state index in [1.807, 2.05) is 24.3 Å². The van der Waals surface area contributed by atoms with Gasteiger partial charge in [0.1, 0.15) is 0 Å². The van der Waals surface area contributed by atoms with E-state index in [9.17, 15) is 4.79 Å². The predicted octanol–water partition coefficient (Wildman–Crippen LogP) is 1.17. The maximum atomic E-state index is 11.3. The minimum atomic E-state index is -0.265. The van der Waals surface area contributed by atoms with Gasteiger partial charge >= 0.3 is 5.97 Å². The Morgan fingerprint density at radius 1 is 1.53 bits per heavy atom. The number of benzene rings is 1. The number of carbonyl (C=O) groups is 1. The van der Waals surface area contributed by atoms with Crippen LogP contribution in [0.1, 0.15) is 18.0 Å². The van der Waals surface area contributed by atoms with Crippen molar-refractivity contribution in [1.82, 2.24) is 10.2 Å². The molecule has 1 aromatic heterocycles. The molecule has 0 amide bonds. The number of esters is 1. The summed E-state index contributed by atoms with van der Waals surface area (Å²) in [7, 11) is 1.38. The van der Waals surface area contributed by atoms with Gasteiger partial charge in [-0.25, -0.2) is 0 Å². The first-order chi connectivity index (χ1) is 8.26. The highest BCUT2D eigenvalue weighted by Crippen LogP contribution is 2.25. The third kappa shape index (κ3) is 2.29. The lowest BCUT2D eigenvalue weighted by molar-refractivity contribution is -0.141. The Hall–Kier alpha value is -1.88. The monoisotopic (exact) mass is 233 g/mol. The van der Waals surface area contributed by atoms with Crippen LogP contribution in [0.4, 0.5) is 0 Å². The summed E-state index contributed by atoms with van der Waals surface area (Å²) in [5.41, 5.74) is 7.48. The van der Waals surface area contributed by atoms with E-state index in [2.05, 4.69) is 14.9 Å². The molecule has 1 aromatic carbocycles. The zero-order valence-electron chi connectivity index (χ0n) is 9.64. The van der Waals surface area contributed by atoms with E-state index in [-0.39, 0.29) is 18.3 Å². The molecule has 1 unspecified atom stereocenters. The van der Waals surface area contributed by atoms with Gasteiger partial charge in [-0.3, -0.25) is 9.89 Å². The molecule has 17 heavy (non-hydrogen) atoms. The standard InChI is InChI=1S/C12H15N3O2/c1-17-11(16)6-8(7-13)12-9-4-2-3-5-10(9)14-15-12/h2-5,8H,6-7,13H2,1H3,(H,14,15). The van der Waals surface area contributed by atoms with Gasteiger partial charge < -0.3 is 10.5 Å². The highest BCUT2D eigenvalue weighted by Gasteiger charge is 2.19. The fourth-order valence-corrected chi connectivity index (χ4v) is 1.88. The average molecular weight is 233 g/mol. The van der Waals surface area contributed by atoms with Crippen molar-refractivity contribution < 1.29 is 9.53 Å². The lowest BCUT2D eigenvalue weighted by atomic mass is 9.98. The van der Waals surface area contributed by atoms with E-state index in [0.29, 0.717) is 6.54 Å². The molecule has 90 valence electrons. The fraction of sp³-hybridized carbons (Fsp3) is 0.333. The first-order valence-corrected chi connectivity index (χ1v) is 5.46. The van der Waals surface area contributed by atoms with E-state index in [0.717, 1.165) is 16.6 Å². The van der Waals surface area contributed by atoms with Crippen LogP contribution in [0.3, 0.4) is 0 Å². The normalized spacial score (nSPS) is 12.6. The molecule has 5 nitrogen and oxygen atoms in total. The SMILES string of the molecule is COC(=O)CC(CN)c1[nH]nc2ccccc12. The number of nitrogens with two attached hydrogens (primary N) is 1. The molecule has 0 fully saturated rings. The van der Waals surface area contributed by atoms with Gasteiger partial charge in [-0.05, 0) is 6.07 Å². The number of fused-ring (bicyclic) bond motifs is 1. The molecule has 5 heteroatoms. The highest BCUT2D eigenvalue weighted by atomic mass is 16.5. The zero-order chi connectivity index (χ0) is 12.3. The van der Waals surface area contributed by atoms with Crippen molar-refractivity contribution in [1.29, 1.82) is 0 Å². The highest BCUT2D eigenvalue weighted by molar-refractivity contribution is 5.82. The summed E-state index contributed by atoms with van der Waals surface area (Å²) in [6, 6.07) is 7.74. The number of carbonyl (C=O) groups excluding carboxylic acids is 1. The molecule has 3 N–H and O–H groups in total. The van der Waals surface area contributed by atoms with Crippen LogP contribution in [0.5, 0.6) is 0 Å². The largest absolute Gasteiger partial charge is 0.469 e. The van der Waals surface area contributed by atoms with E-state index >= 15 is 0 Å². The number of methoxy groups -OCH3 is 1. The molecular weight excluding hydrogens is 218 g/mol. The predicted molar refractivity (Wildman–Crippen MR) is 64.5 cm³/mol. The molecule has 0 saturated heterocycles. The molecule has 0 aliphatic rings. The third-order valence-corrected chi connectivity index (χ3v) is 2.82. The molecule has 0 aliphatic carbocycles. The lowest BCUT2D eigenvalue weighted by Crippen LogP contribution is -2.17. The van der Waals surface area contributed by atoms with E-state index in [1.54, 1.807) is 0 Å². The van der Waals surface area contributed by atoms with Crippen LogP contribution in [0.15, 0.2) is 24.3 Å². The van der Waals surface area contributed by atoms with E-state index in [1.165, 1.54) is 7.11 Å². The number of aromatic amines is 1. The molecule has 0 saturated carbocycles. The van der Waals surface area contributed by atoms with Crippen LogP contribution in [0.25, 0.3) is 10.9 Å². The van der Waals surface area contributed by atoms with Gasteiger partial charge in [0.2, 0.25) is 0 Å². The number of nitrogens with zero attached hydrogens (tertiary/aromatic N) is 1. The van der Waals surface area contributed by atoms with E-state index < -0.39 is 0 Å². The van der Waals surface area contributed by atoms with Crippen molar-refractivity contribution in [2.75, 3.05) is 13.7 Å². The molecule has 1 atom stereocenters. The molecular formula is C12H15N3O2. The Morgan fingerprint density at radius 2 is 2.29 bits per heavy atom. The Morgan fingerprint density at radius 3 is 3.00 bits per heavy atom. The van der Waals surface area contributed by atoms with Crippen LogP contribution < -0.4 is 5.73 Å². The second kappa shape index (κ2) is 4.97. The maximum Gasteiger partial charge on any atom is 0.306 e. The Kier molecular flexibility index (Phi) is 3.39. The Balaban J connectivity index is 2.33. The number of hydrogen-bond donors (Lipinski definition) is 2. The molecule has 2 aromatic rings. The van der Waals surface area contributed by atoms with Crippen LogP contribution in [-0.2, 0) is 9.53 Å². The van der Waals surface area contributed by atoms with Crippen molar-refractivity contribution in [2.24, 2.45) is 5.73 Å². The van der Waals surface area contributed by atoms with Crippen LogP contribution in [0.2, 0.25) is 0 Å². The van der Waals surface area contributed by atoms with Crippen molar-refractivity contribution >= 4 is 16.9 Å². The fourth-order valence-electron chi connectivity index (χ4n) is 1.88. The summed E-state index contributed by atoms with van der Waals surface area (Å²) in [6.45, 7) is 0.376. The molecule has 0 spiro atoms. The Bertz CT molecular complexity index is 521. The summed E-state index contributed by atoms with van der Waals surface area (Å²) < 4.78 is 4.66. The van der Waals surface area contributed by atoms with E-state index in [4.69, 9.17) is 5.73 Å². The van der Waals surface area contributed by atoms with Crippen LogP contribution in [0, 0.1) is 0 Å². The molecule has 0 aliphatic heterocycles. The van der Waals surface area contributed by atoms with Crippen molar-refractivity contribution in [3.63, 3.8) is 0 Å². The van der Waals surface area contributed by atoms with Crippen LogP contribution >= 0.6 is 0 Å². The summed E-state index contributed by atoms with van der Waals surface area (Å²) in [5.74, 6) is -0.353. The van der Waals surface area contributed by atoms with Gasteiger partial charge in [0.25, 0.3) is 0 Å². The van der Waals surface area contributed by atoms with Gasteiger partial charge in [-0.15, -0.1) is 0 Å². The number of rotatable bonds is 4. The minimum absolute atomic E-state index is 0.0881.